The van der Waals surface area contributed by atoms with Gasteiger partial charge < -0.3 is 4.90 Å². The average Bonchev–Trinajstić information content (AvgIpc) is 2.90. The summed E-state index contributed by atoms with van der Waals surface area (Å²) in [6, 6.07) is 10.7. The molecule has 0 fully saturated rings. The Hall–Kier alpha value is -1.61. The number of hydrogen-bond acceptors (Lipinski definition) is 3. The van der Waals surface area contributed by atoms with E-state index in [1.807, 2.05) is 19.1 Å². The number of carbonyl (C=O) groups excluding carboxylic acids is 1. The molecule has 0 bridgehead atoms. The van der Waals surface area contributed by atoms with Gasteiger partial charge in [0.15, 0.2) is 0 Å². The van der Waals surface area contributed by atoms with Gasteiger partial charge in [0, 0.05) is 35.6 Å². The van der Waals surface area contributed by atoms with E-state index in [0.29, 0.717) is 6.04 Å². The lowest BCUT2D eigenvalue weighted by molar-refractivity contribution is 0.112. The molecule has 2 rings (SSSR count). The second-order valence-corrected chi connectivity index (χ2v) is 5.93. The lowest BCUT2D eigenvalue weighted by atomic mass is 10.1. The van der Waals surface area contributed by atoms with E-state index >= 15 is 0 Å². The van der Waals surface area contributed by atoms with Crippen molar-refractivity contribution in [2.45, 2.75) is 26.3 Å². The molecule has 19 heavy (non-hydrogen) atoms. The first-order chi connectivity index (χ1) is 9.11. The van der Waals surface area contributed by atoms with Crippen molar-refractivity contribution in [3.05, 3.63) is 51.7 Å². The first-order valence-electron chi connectivity index (χ1n) is 6.43. The van der Waals surface area contributed by atoms with Gasteiger partial charge in [-0.15, -0.1) is 11.3 Å². The van der Waals surface area contributed by atoms with Gasteiger partial charge in [0.2, 0.25) is 0 Å². The molecule has 1 aromatic heterocycles. The standard InChI is InChI=1S/C16H19NOS/c1-12-9-15(7-6-14(12)11-18)17(3)13(2)10-16-5-4-8-19-16/h4-9,11,13H,10H2,1-3H3. The van der Waals surface area contributed by atoms with Gasteiger partial charge in [-0.2, -0.15) is 0 Å². The highest BCUT2D eigenvalue weighted by molar-refractivity contribution is 7.09. The van der Waals surface area contributed by atoms with Crippen molar-refractivity contribution in [3.8, 4) is 0 Å². The van der Waals surface area contributed by atoms with Crippen molar-refractivity contribution >= 4 is 23.3 Å². The van der Waals surface area contributed by atoms with E-state index in [1.54, 1.807) is 11.3 Å². The van der Waals surface area contributed by atoms with Crippen LogP contribution >= 0.6 is 11.3 Å². The third-order valence-electron chi connectivity index (χ3n) is 3.53. The predicted molar refractivity (Wildman–Crippen MR) is 82.5 cm³/mol. The number of carbonyl (C=O) groups is 1. The summed E-state index contributed by atoms with van der Waals surface area (Å²) in [5, 5.41) is 2.12. The second kappa shape index (κ2) is 6.02. The molecule has 0 saturated heterocycles. The molecular formula is C16H19NOS. The van der Waals surface area contributed by atoms with Crippen molar-refractivity contribution in [2.75, 3.05) is 11.9 Å². The number of aryl methyl sites for hydroxylation is 1. The number of nitrogens with zero attached hydrogens (tertiary/aromatic N) is 1. The molecular weight excluding hydrogens is 254 g/mol. The number of thiophene rings is 1. The highest BCUT2D eigenvalue weighted by Gasteiger charge is 2.12. The fourth-order valence-corrected chi connectivity index (χ4v) is 2.95. The molecule has 0 saturated carbocycles. The Morgan fingerprint density at radius 2 is 2.16 bits per heavy atom. The minimum absolute atomic E-state index is 0.431. The van der Waals surface area contributed by atoms with Crippen molar-refractivity contribution in [2.24, 2.45) is 0 Å². The van der Waals surface area contributed by atoms with E-state index in [-0.39, 0.29) is 0 Å². The Bertz CT molecular complexity index is 548. The third kappa shape index (κ3) is 3.24. The number of benzene rings is 1. The zero-order valence-electron chi connectivity index (χ0n) is 11.6. The first-order valence-corrected chi connectivity index (χ1v) is 7.31. The van der Waals surface area contributed by atoms with E-state index < -0.39 is 0 Å². The Labute approximate surface area is 118 Å². The lowest BCUT2D eigenvalue weighted by Crippen LogP contribution is -2.30. The normalized spacial score (nSPS) is 12.2. The Balaban J connectivity index is 2.12. The molecule has 0 aliphatic rings. The van der Waals surface area contributed by atoms with E-state index in [4.69, 9.17) is 0 Å². The molecule has 3 heteroatoms. The molecule has 0 aliphatic carbocycles. The number of rotatable bonds is 5. The van der Waals surface area contributed by atoms with Crippen molar-refractivity contribution in [3.63, 3.8) is 0 Å². The molecule has 1 heterocycles. The molecule has 0 spiro atoms. The highest BCUT2D eigenvalue weighted by Crippen LogP contribution is 2.21. The minimum Gasteiger partial charge on any atom is -0.372 e. The van der Waals surface area contributed by atoms with Crippen molar-refractivity contribution in [1.29, 1.82) is 0 Å². The number of hydrogen-bond donors (Lipinski definition) is 0. The van der Waals surface area contributed by atoms with E-state index in [0.717, 1.165) is 29.5 Å². The van der Waals surface area contributed by atoms with Crippen LogP contribution in [0.5, 0.6) is 0 Å². The van der Waals surface area contributed by atoms with Crippen LogP contribution < -0.4 is 4.90 Å². The van der Waals surface area contributed by atoms with E-state index in [2.05, 4.69) is 42.5 Å². The third-order valence-corrected chi connectivity index (χ3v) is 4.42. The maximum absolute atomic E-state index is 10.8. The van der Waals surface area contributed by atoms with Crippen LogP contribution in [0, 0.1) is 6.92 Å². The number of aldehydes is 1. The summed E-state index contributed by atoms with van der Waals surface area (Å²) >= 11 is 1.80. The van der Waals surface area contributed by atoms with Crippen LogP contribution in [0.15, 0.2) is 35.7 Å². The molecule has 1 atom stereocenters. The molecule has 0 aliphatic heterocycles. The summed E-state index contributed by atoms with van der Waals surface area (Å²) in [5.41, 5.74) is 2.96. The van der Waals surface area contributed by atoms with E-state index in [1.165, 1.54) is 4.88 Å². The molecule has 0 radical (unpaired) electrons. The maximum atomic E-state index is 10.8. The van der Waals surface area contributed by atoms with Gasteiger partial charge in [-0.25, -0.2) is 0 Å². The van der Waals surface area contributed by atoms with E-state index in [9.17, 15) is 4.79 Å². The molecule has 0 N–H and O–H groups in total. The van der Waals surface area contributed by atoms with Gasteiger partial charge in [-0.3, -0.25) is 4.79 Å². The summed E-state index contributed by atoms with van der Waals surface area (Å²) in [6.07, 6.45) is 1.96. The lowest BCUT2D eigenvalue weighted by Gasteiger charge is -2.27. The van der Waals surface area contributed by atoms with Crippen LogP contribution in [0.2, 0.25) is 0 Å². The molecule has 2 nitrogen and oxygen atoms in total. The molecule has 100 valence electrons. The van der Waals surface area contributed by atoms with Gasteiger partial charge in [-0.05, 0) is 49.1 Å². The van der Waals surface area contributed by atoms with Gasteiger partial charge in [-0.1, -0.05) is 6.07 Å². The second-order valence-electron chi connectivity index (χ2n) is 4.90. The van der Waals surface area contributed by atoms with Crippen LogP contribution in [0.1, 0.15) is 27.7 Å². The Kier molecular flexibility index (Phi) is 4.38. The molecule has 0 amide bonds. The summed E-state index contributed by atoms with van der Waals surface area (Å²) in [5.74, 6) is 0. The number of likely N-dealkylation sites (N-methyl/N-ethyl adjacent to an activating group) is 1. The first kappa shape index (κ1) is 13.8. The van der Waals surface area contributed by atoms with Crippen LogP contribution in [-0.2, 0) is 6.42 Å². The van der Waals surface area contributed by atoms with Gasteiger partial charge in [0.05, 0.1) is 0 Å². The van der Waals surface area contributed by atoms with Crippen molar-refractivity contribution < 1.29 is 4.79 Å². The van der Waals surface area contributed by atoms with Gasteiger partial charge in [0.1, 0.15) is 6.29 Å². The highest BCUT2D eigenvalue weighted by atomic mass is 32.1. The number of anilines is 1. The maximum Gasteiger partial charge on any atom is 0.150 e. The van der Waals surface area contributed by atoms with Crippen LogP contribution in [-0.4, -0.2) is 19.4 Å². The zero-order chi connectivity index (χ0) is 13.8. The zero-order valence-corrected chi connectivity index (χ0v) is 12.4. The fraction of sp³-hybridized carbons (Fsp3) is 0.312. The molecule has 2 aromatic rings. The summed E-state index contributed by atoms with van der Waals surface area (Å²) < 4.78 is 0. The van der Waals surface area contributed by atoms with Gasteiger partial charge in [0.25, 0.3) is 0 Å². The molecule has 1 unspecified atom stereocenters. The van der Waals surface area contributed by atoms with Crippen LogP contribution in [0.3, 0.4) is 0 Å². The van der Waals surface area contributed by atoms with Crippen LogP contribution in [0.4, 0.5) is 5.69 Å². The smallest absolute Gasteiger partial charge is 0.150 e. The van der Waals surface area contributed by atoms with Gasteiger partial charge >= 0.3 is 0 Å². The monoisotopic (exact) mass is 273 g/mol. The predicted octanol–water partition coefficient (Wildman–Crippen LogP) is 3.94. The largest absolute Gasteiger partial charge is 0.372 e. The Morgan fingerprint density at radius 1 is 1.37 bits per heavy atom. The van der Waals surface area contributed by atoms with Crippen LogP contribution in [0.25, 0.3) is 0 Å². The molecule has 1 aromatic carbocycles. The SMILES string of the molecule is Cc1cc(N(C)C(C)Cc2cccs2)ccc1C=O. The average molecular weight is 273 g/mol. The fourth-order valence-electron chi connectivity index (χ4n) is 2.12. The summed E-state index contributed by atoms with van der Waals surface area (Å²) in [7, 11) is 2.10. The summed E-state index contributed by atoms with van der Waals surface area (Å²) in [6.45, 7) is 4.20. The van der Waals surface area contributed by atoms with Crippen molar-refractivity contribution in [1.82, 2.24) is 0 Å². The minimum atomic E-state index is 0.431. The quantitative estimate of drug-likeness (QED) is 0.769. The Morgan fingerprint density at radius 3 is 2.74 bits per heavy atom. The summed E-state index contributed by atoms with van der Waals surface area (Å²) in [4.78, 5) is 14.5. The topological polar surface area (TPSA) is 20.3 Å².